The third kappa shape index (κ3) is 3.68. The number of aryl methyl sites for hydroxylation is 1. The van der Waals surface area contributed by atoms with E-state index in [9.17, 15) is 9.18 Å². The van der Waals surface area contributed by atoms with E-state index in [-0.39, 0.29) is 23.6 Å². The number of rotatable bonds is 3. The van der Waals surface area contributed by atoms with Crippen LogP contribution in [0.15, 0.2) is 30.3 Å². The fourth-order valence-electron chi connectivity index (χ4n) is 1.95. The van der Waals surface area contributed by atoms with Crippen molar-refractivity contribution in [2.24, 2.45) is 7.05 Å². The number of nitrogens with one attached hydrogen (secondary N) is 1. The number of nitrogens with zero attached hydrogens (tertiary/aromatic N) is 2. The van der Waals surface area contributed by atoms with Crippen molar-refractivity contribution in [3.63, 3.8) is 0 Å². The molecule has 0 atom stereocenters. The Morgan fingerprint density at radius 1 is 1.33 bits per heavy atom. The Morgan fingerprint density at radius 3 is 2.57 bits per heavy atom. The highest BCUT2D eigenvalue weighted by Gasteiger charge is 2.19. The van der Waals surface area contributed by atoms with E-state index in [1.807, 2.05) is 6.07 Å². The Bertz CT molecular complexity index is 656. The zero-order valence-electron chi connectivity index (χ0n) is 12.8. The van der Waals surface area contributed by atoms with Gasteiger partial charge in [-0.3, -0.25) is 9.48 Å². The van der Waals surface area contributed by atoms with Gasteiger partial charge in [0, 0.05) is 18.5 Å². The Kier molecular flexibility index (Phi) is 4.11. The molecule has 1 aromatic heterocycles. The van der Waals surface area contributed by atoms with Crippen LogP contribution in [0.1, 0.15) is 32.0 Å². The molecule has 0 aliphatic rings. The lowest BCUT2D eigenvalue weighted by Crippen LogP contribution is -2.17. The van der Waals surface area contributed by atoms with Crippen LogP contribution in [0.3, 0.4) is 0 Å². The van der Waals surface area contributed by atoms with E-state index in [1.54, 1.807) is 29.9 Å². The van der Waals surface area contributed by atoms with E-state index in [1.165, 1.54) is 6.07 Å². The molecule has 1 amide bonds. The largest absolute Gasteiger partial charge is 0.311 e. The second kappa shape index (κ2) is 5.68. The zero-order valence-corrected chi connectivity index (χ0v) is 12.8. The van der Waals surface area contributed by atoms with Gasteiger partial charge in [-0.25, -0.2) is 4.39 Å². The third-order valence-corrected chi connectivity index (χ3v) is 3.22. The number of carbonyl (C=O) groups is 1. The van der Waals surface area contributed by atoms with Crippen molar-refractivity contribution < 1.29 is 9.18 Å². The summed E-state index contributed by atoms with van der Waals surface area (Å²) in [5.41, 5.74) is 1.19. The fourth-order valence-corrected chi connectivity index (χ4v) is 1.95. The maximum atomic E-state index is 13.5. The maximum absolute atomic E-state index is 13.5. The molecule has 0 bridgehead atoms. The van der Waals surface area contributed by atoms with E-state index in [0.29, 0.717) is 11.4 Å². The number of aromatic nitrogens is 2. The molecule has 0 saturated heterocycles. The second-order valence-corrected chi connectivity index (χ2v) is 6.10. The van der Waals surface area contributed by atoms with Crippen molar-refractivity contribution in [1.29, 1.82) is 0 Å². The standard InChI is InChI=1S/C16H20FN3O/c1-16(2,3)13-10-14(20(4)19-13)18-15(21)9-11-7-5-6-8-12(11)17/h5-8,10H,9H2,1-4H3,(H,18,21). The molecule has 112 valence electrons. The van der Waals surface area contributed by atoms with E-state index in [0.717, 1.165) is 5.69 Å². The molecule has 1 heterocycles. The van der Waals surface area contributed by atoms with E-state index >= 15 is 0 Å². The average Bonchev–Trinajstić information content (AvgIpc) is 2.74. The summed E-state index contributed by atoms with van der Waals surface area (Å²) in [6.07, 6.45) is 0.00268. The highest BCUT2D eigenvalue weighted by Crippen LogP contribution is 2.23. The highest BCUT2D eigenvalue weighted by atomic mass is 19.1. The van der Waals surface area contributed by atoms with Gasteiger partial charge in [0.05, 0.1) is 12.1 Å². The molecule has 0 saturated carbocycles. The molecule has 21 heavy (non-hydrogen) atoms. The molecule has 2 aromatic rings. The second-order valence-electron chi connectivity index (χ2n) is 6.10. The van der Waals surface area contributed by atoms with Gasteiger partial charge in [-0.05, 0) is 11.6 Å². The minimum atomic E-state index is -0.368. The number of amides is 1. The molecule has 2 rings (SSSR count). The van der Waals surface area contributed by atoms with Crippen LogP contribution in [-0.2, 0) is 23.7 Å². The Labute approximate surface area is 124 Å². The molecule has 0 aliphatic carbocycles. The minimum Gasteiger partial charge on any atom is -0.311 e. The predicted octanol–water partition coefficient (Wildman–Crippen LogP) is 3.04. The van der Waals surface area contributed by atoms with Crippen LogP contribution in [0.25, 0.3) is 0 Å². The molecule has 4 nitrogen and oxygen atoms in total. The number of benzene rings is 1. The van der Waals surface area contributed by atoms with Crippen LogP contribution in [0, 0.1) is 5.82 Å². The monoisotopic (exact) mass is 289 g/mol. The molecule has 0 unspecified atom stereocenters. The lowest BCUT2D eigenvalue weighted by Gasteiger charge is -2.13. The molecular formula is C16H20FN3O. The van der Waals surface area contributed by atoms with Crippen molar-refractivity contribution in [1.82, 2.24) is 9.78 Å². The first-order chi connectivity index (χ1) is 9.77. The third-order valence-electron chi connectivity index (χ3n) is 3.22. The molecule has 0 fully saturated rings. The van der Waals surface area contributed by atoms with Crippen molar-refractivity contribution >= 4 is 11.7 Å². The van der Waals surface area contributed by atoms with Crippen molar-refractivity contribution in [2.75, 3.05) is 5.32 Å². The normalized spacial score (nSPS) is 11.5. The van der Waals surface area contributed by atoms with Gasteiger partial charge >= 0.3 is 0 Å². The fraction of sp³-hybridized carbons (Fsp3) is 0.375. The first-order valence-corrected chi connectivity index (χ1v) is 6.85. The van der Waals surface area contributed by atoms with Gasteiger partial charge in [0.15, 0.2) is 0 Å². The van der Waals surface area contributed by atoms with Crippen molar-refractivity contribution in [2.45, 2.75) is 32.6 Å². The van der Waals surface area contributed by atoms with Crippen LogP contribution in [0.4, 0.5) is 10.2 Å². The lowest BCUT2D eigenvalue weighted by molar-refractivity contribution is -0.115. The average molecular weight is 289 g/mol. The number of hydrogen-bond acceptors (Lipinski definition) is 2. The van der Waals surface area contributed by atoms with Crippen LogP contribution in [0.5, 0.6) is 0 Å². The van der Waals surface area contributed by atoms with Crippen LogP contribution in [0.2, 0.25) is 0 Å². The highest BCUT2D eigenvalue weighted by molar-refractivity contribution is 5.91. The summed E-state index contributed by atoms with van der Waals surface area (Å²) in [5, 5.41) is 7.16. The Hall–Kier alpha value is -2.17. The molecule has 0 radical (unpaired) electrons. The number of halogens is 1. The predicted molar refractivity (Wildman–Crippen MR) is 80.6 cm³/mol. The minimum absolute atomic E-state index is 0.00268. The van der Waals surface area contributed by atoms with Gasteiger partial charge in [0.1, 0.15) is 11.6 Å². The van der Waals surface area contributed by atoms with Crippen LogP contribution < -0.4 is 5.32 Å². The Morgan fingerprint density at radius 2 is 2.00 bits per heavy atom. The van der Waals surface area contributed by atoms with E-state index in [2.05, 4.69) is 31.2 Å². The summed E-state index contributed by atoms with van der Waals surface area (Å²) >= 11 is 0. The van der Waals surface area contributed by atoms with Crippen molar-refractivity contribution in [3.05, 3.63) is 47.4 Å². The first-order valence-electron chi connectivity index (χ1n) is 6.85. The zero-order chi connectivity index (χ0) is 15.6. The molecular weight excluding hydrogens is 269 g/mol. The van der Waals surface area contributed by atoms with Crippen molar-refractivity contribution in [3.8, 4) is 0 Å². The molecule has 0 spiro atoms. The first kappa shape index (κ1) is 15.2. The Balaban J connectivity index is 2.10. The van der Waals surface area contributed by atoms with Gasteiger partial charge in [0.25, 0.3) is 0 Å². The summed E-state index contributed by atoms with van der Waals surface area (Å²) in [6, 6.07) is 8.13. The van der Waals surface area contributed by atoms with Gasteiger partial charge in [0.2, 0.25) is 5.91 Å². The summed E-state index contributed by atoms with van der Waals surface area (Å²) < 4.78 is 15.2. The topological polar surface area (TPSA) is 46.9 Å². The molecule has 0 aliphatic heterocycles. The summed E-state index contributed by atoms with van der Waals surface area (Å²) in [6.45, 7) is 6.17. The number of anilines is 1. The smallest absolute Gasteiger partial charge is 0.230 e. The van der Waals surface area contributed by atoms with Gasteiger partial charge < -0.3 is 5.32 Å². The quantitative estimate of drug-likeness (QED) is 0.944. The lowest BCUT2D eigenvalue weighted by atomic mass is 9.92. The van der Waals surface area contributed by atoms with Gasteiger partial charge in [-0.1, -0.05) is 39.0 Å². The van der Waals surface area contributed by atoms with Crippen LogP contribution in [-0.4, -0.2) is 15.7 Å². The van der Waals surface area contributed by atoms with Gasteiger partial charge in [-0.2, -0.15) is 5.10 Å². The van der Waals surface area contributed by atoms with E-state index in [4.69, 9.17) is 0 Å². The summed E-state index contributed by atoms with van der Waals surface area (Å²) in [4.78, 5) is 12.0. The molecule has 1 N–H and O–H groups in total. The van der Waals surface area contributed by atoms with Gasteiger partial charge in [-0.15, -0.1) is 0 Å². The number of carbonyl (C=O) groups excluding carboxylic acids is 1. The molecule has 5 heteroatoms. The van der Waals surface area contributed by atoms with Crippen LogP contribution >= 0.6 is 0 Å². The summed E-state index contributed by atoms with van der Waals surface area (Å²) in [7, 11) is 1.77. The number of hydrogen-bond donors (Lipinski definition) is 1. The van der Waals surface area contributed by atoms with E-state index < -0.39 is 0 Å². The SMILES string of the molecule is Cn1nc(C(C)(C)C)cc1NC(=O)Cc1ccccc1F. The maximum Gasteiger partial charge on any atom is 0.230 e. The summed E-state index contributed by atoms with van der Waals surface area (Å²) in [5.74, 6) is -0.0159. The molecule has 1 aromatic carbocycles.